The second kappa shape index (κ2) is 3.98. The molecule has 1 rings (SSSR count). The lowest BCUT2D eigenvalue weighted by atomic mass is 9.93. The normalized spacial score (nSPS) is 26.8. The number of hydrogen-bond donors (Lipinski definition) is 1. The summed E-state index contributed by atoms with van der Waals surface area (Å²) in [4.78, 5) is 23.1. The molecule has 5 nitrogen and oxygen atoms in total. The van der Waals surface area contributed by atoms with E-state index >= 15 is 0 Å². The number of halogens is 1. The highest BCUT2D eigenvalue weighted by molar-refractivity contribution is 6.63. The molecule has 0 bridgehead atoms. The SMILES string of the molecule is CC(C)(C)[C@H]1OC[C@@H](C(=O)O)N1C(=O)Cl. The summed E-state index contributed by atoms with van der Waals surface area (Å²) in [5.41, 5.74) is -0.366. The van der Waals surface area contributed by atoms with E-state index in [9.17, 15) is 9.59 Å². The van der Waals surface area contributed by atoms with Crippen LogP contribution in [0.25, 0.3) is 0 Å². The first kappa shape index (κ1) is 12.3. The minimum atomic E-state index is -1.10. The van der Waals surface area contributed by atoms with Crippen LogP contribution in [-0.2, 0) is 9.53 Å². The summed E-state index contributed by atoms with van der Waals surface area (Å²) < 4.78 is 5.31. The molecule has 0 aromatic heterocycles. The Morgan fingerprint density at radius 1 is 1.47 bits per heavy atom. The molecule has 1 heterocycles. The van der Waals surface area contributed by atoms with Gasteiger partial charge in [0.2, 0.25) is 0 Å². The summed E-state index contributed by atoms with van der Waals surface area (Å²) >= 11 is 5.37. The van der Waals surface area contributed by atoms with Gasteiger partial charge in [0.15, 0.2) is 6.04 Å². The number of carboxylic acids is 1. The molecule has 1 saturated heterocycles. The van der Waals surface area contributed by atoms with Gasteiger partial charge in [0.25, 0.3) is 0 Å². The van der Waals surface area contributed by atoms with Crippen molar-refractivity contribution < 1.29 is 19.4 Å². The van der Waals surface area contributed by atoms with Gasteiger partial charge in [0.1, 0.15) is 6.23 Å². The highest BCUT2D eigenvalue weighted by Gasteiger charge is 2.46. The minimum absolute atomic E-state index is 0.0181. The van der Waals surface area contributed by atoms with E-state index in [1.165, 1.54) is 0 Å². The predicted molar refractivity (Wildman–Crippen MR) is 53.7 cm³/mol. The first-order valence-corrected chi connectivity index (χ1v) is 4.95. The Morgan fingerprint density at radius 3 is 2.33 bits per heavy atom. The quantitative estimate of drug-likeness (QED) is 0.553. The summed E-state index contributed by atoms with van der Waals surface area (Å²) in [7, 11) is 0. The van der Waals surface area contributed by atoms with E-state index in [2.05, 4.69) is 0 Å². The van der Waals surface area contributed by atoms with E-state index in [-0.39, 0.29) is 12.0 Å². The average molecular weight is 236 g/mol. The van der Waals surface area contributed by atoms with E-state index in [1.807, 2.05) is 20.8 Å². The fourth-order valence-corrected chi connectivity index (χ4v) is 1.78. The Labute approximate surface area is 92.9 Å². The zero-order valence-electron chi connectivity index (χ0n) is 8.86. The van der Waals surface area contributed by atoms with Crippen LogP contribution in [0, 0.1) is 5.41 Å². The maximum atomic E-state index is 11.2. The van der Waals surface area contributed by atoms with Crippen molar-refractivity contribution in [1.29, 1.82) is 0 Å². The molecule has 0 aliphatic carbocycles. The Hall–Kier alpha value is -0.810. The van der Waals surface area contributed by atoms with Crippen LogP contribution in [-0.4, -0.2) is 40.2 Å². The monoisotopic (exact) mass is 235 g/mol. The fourth-order valence-electron chi connectivity index (χ4n) is 1.58. The lowest BCUT2D eigenvalue weighted by Crippen LogP contribution is -2.48. The highest BCUT2D eigenvalue weighted by Crippen LogP contribution is 2.32. The number of aliphatic carboxylic acids is 1. The van der Waals surface area contributed by atoms with E-state index < -0.39 is 23.6 Å². The number of rotatable bonds is 1. The van der Waals surface area contributed by atoms with Crippen LogP contribution in [0.4, 0.5) is 4.79 Å². The van der Waals surface area contributed by atoms with Gasteiger partial charge in [-0.15, -0.1) is 0 Å². The summed E-state index contributed by atoms with van der Waals surface area (Å²) in [6.45, 7) is 5.55. The van der Waals surface area contributed by atoms with Crippen molar-refractivity contribution in [1.82, 2.24) is 4.90 Å². The van der Waals surface area contributed by atoms with Gasteiger partial charge in [-0.1, -0.05) is 20.8 Å². The molecule has 0 unspecified atom stereocenters. The number of amides is 1. The molecule has 1 fully saturated rings. The first-order chi connectivity index (χ1) is 6.75. The number of hydrogen-bond acceptors (Lipinski definition) is 3. The Morgan fingerprint density at radius 2 is 2.00 bits per heavy atom. The molecule has 1 N–H and O–H groups in total. The van der Waals surface area contributed by atoms with E-state index in [0.717, 1.165) is 4.90 Å². The fraction of sp³-hybridized carbons (Fsp3) is 0.778. The van der Waals surface area contributed by atoms with Crippen molar-refractivity contribution in [3.63, 3.8) is 0 Å². The van der Waals surface area contributed by atoms with Crippen molar-refractivity contribution in [2.24, 2.45) is 5.41 Å². The van der Waals surface area contributed by atoms with Crippen molar-refractivity contribution in [2.45, 2.75) is 33.0 Å². The largest absolute Gasteiger partial charge is 0.480 e. The lowest BCUT2D eigenvalue weighted by Gasteiger charge is -2.33. The topological polar surface area (TPSA) is 66.8 Å². The van der Waals surface area contributed by atoms with Crippen LogP contribution in [0.1, 0.15) is 20.8 Å². The van der Waals surface area contributed by atoms with Gasteiger partial charge >= 0.3 is 11.3 Å². The van der Waals surface area contributed by atoms with Crippen molar-refractivity contribution in [3.05, 3.63) is 0 Å². The Kier molecular flexibility index (Phi) is 3.25. The van der Waals surface area contributed by atoms with Gasteiger partial charge in [-0.05, 0) is 11.6 Å². The average Bonchev–Trinajstić information content (AvgIpc) is 2.45. The molecule has 0 aromatic carbocycles. The Balaban J connectivity index is 2.95. The maximum absolute atomic E-state index is 11.2. The number of carboxylic acid groups (broad SMARTS) is 1. The molecule has 0 saturated carbocycles. The summed E-state index contributed by atoms with van der Waals surface area (Å²) in [5, 5.41) is 8.09. The van der Waals surface area contributed by atoms with Gasteiger partial charge in [0.05, 0.1) is 6.61 Å². The molecule has 6 heteroatoms. The number of carbonyl (C=O) groups is 2. The second-order valence-electron chi connectivity index (χ2n) is 4.57. The smallest absolute Gasteiger partial charge is 0.328 e. The summed E-state index contributed by atoms with van der Waals surface area (Å²) in [6.07, 6.45) is -0.594. The molecule has 1 aliphatic heterocycles. The zero-order valence-corrected chi connectivity index (χ0v) is 9.61. The van der Waals surface area contributed by atoms with Gasteiger partial charge in [-0.3, -0.25) is 9.69 Å². The van der Waals surface area contributed by atoms with Gasteiger partial charge in [-0.2, -0.15) is 0 Å². The lowest BCUT2D eigenvalue weighted by molar-refractivity contribution is -0.141. The molecular weight excluding hydrogens is 222 g/mol. The molecule has 2 atom stereocenters. The number of carbonyl (C=O) groups excluding carboxylic acids is 1. The molecule has 0 spiro atoms. The molecule has 0 aromatic rings. The van der Waals surface area contributed by atoms with Crippen LogP contribution < -0.4 is 0 Å². The molecule has 15 heavy (non-hydrogen) atoms. The van der Waals surface area contributed by atoms with Gasteiger partial charge in [0, 0.05) is 5.41 Å². The van der Waals surface area contributed by atoms with E-state index in [0.29, 0.717) is 0 Å². The van der Waals surface area contributed by atoms with Crippen LogP contribution in [0.5, 0.6) is 0 Å². The number of nitrogens with zero attached hydrogens (tertiary/aromatic N) is 1. The van der Waals surface area contributed by atoms with Gasteiger partial charge < -0.3 is 9.84 Å². The zero-order chi connectivity index (χ0) is 11.8. The second-order valence-corrected chi connectivity index (χ2v) is 4.89. The van der Waals surface area contributed by atoms with E-state index in [1.54, 1.807) is 0 Å². The van der Waals surface area contributed by atoms with Crippen LogP contribution in [0.15, 0.2) is 0 Å². The van der Waals surface area contributed by atoms with Crippen LogP contribution in [0.2, 0.25) is 0 Å². The molecule has 1 aliphatic rings. The van der Waals surface area contributed by atoms with Crippen molar-refractivity contribution >= 4 is 22.9 Å². The summed E-state index contributed by atoms with van der Waals surface area (Å²) in [6, 6.07) is -0.987. The Bertz CT molecular complexity index is 286. The molecular formula is C9H14ClNO4. The minimum Gasteiger partial charge on any atom is -0.480 e. The van der Waals surface area contributed by atoms with Gasteiger partial charge in [-0.25, -0.2) is 4.79 Å². The third-order valence-electron chi connectivity index (χ3n) is 2.23. The maximum Gasteiger partial charge on any atom is 0.328 e. The number of ether oxygens (including phenoxy) is 1. The first-order valence-electron chi connectivity index (χ1n) is 4.57. The van der Waals surface area contributed by atoms with E-state index in [4.69, 9.17) is 21.4 Å². The molecule has 0 radical (unpaired) electrons. The van der Waals surface area contributed by atoms with Crippen molar-refractivity contribution in [3.8, 4) is 0 Å². The van der Waals surface area contributed by atoms with Crippen LogP contribution >= 0.6 is 11.6 Å². The molecule has 86 valence electrons. The van der Waals surface area contributed by atoms with Crippen molar-refractivity contribution in [2.75, 3.05) is 6.61 Å². The summed E-state index contributed by atoms with van der Waals surface area (Å²) in [5.74, 6) is -1.10. The highest BCUT2D eigenvalue weighted by atomic mass is 35.5. The third-order valence-corrected chi connectivity index (χ3v) is 2.42. The van der Waals surface area contributed by atoms with Crippen LogP contribution in [0.3, 0.4) is 0 Å². The predicted octanol–water partition coefficient (Wildman–Crippen LogP) is 1.50. The third kappa shape index (κ3) is 2.41. The molecule has 1 amide bonds. The standard InChI is InChI=1S/C9H14ClNO4/c1-9(2,3)7-11(8(10)14)5(4-15-7)6(12)13/h5,7H,4H2,1-3H3,(H,12,13)/t5-,7+/m0/s1.